The fraction of sp³-hybridized carbons (Fsp3) is 0.922. The predicted molar refractivity (Wildman–Crippen MR) is 240 cm³/mol. The van der Waals surface area contributed by atoms with E-state index in [0.717, 1.165) is 103 Å². The second-order valence-corrected chi connectivity index (χ2v) is 25.0. The number of alkyl halides is 1. The standard InChI is InChI=1S/C26H40N4O2.C24H37BrO2.CH2O3.2K.H/c1-15-27-29-30(28-15)14-23(31)22-12-21(16-4-5-16)24-20-7-6-17-13-25(2,32)10-8-18(17)19(20)9-11-26(22,24)3;1-23(27)9-7-16-15(12-23)5-6-18-17(16)8-10-24(2)20(21(26)13-25)11-19(22(18)24)14-3-4-14;2-1-4-3;;;/h16-22,24,32H,4-14H2,1-3H3;14-20,22,27H,3-13H2,1-2H3;1,3H;;;/q;;;2*+1;-1/p-1/t17-,18+,19-,20-,21+,22-,24-,25-,26-;15-,16+,17-,18-,19+,20-,22-,23-,24-;;;;/m11..../s1. The number of halogens is 1. The van der Waals surface area contributed by atoms with Crippen molar-refractivity contribution >= 4 is 34.0 Å². The average Bonchev–Trinajstić information content (AvgIpc) is 4.18. The van der Waals surface area contributed by atoms with Gasteiger partial charge in [0.05, 0.1) is 16.5 Å². The molecule has 11 nitrogen and oxygen atoms in total. The van der Waals surface area contributed by atoms with Crippen LogP contribution in [0.15, 0.2) is 0 Å². The maximum atomic E-state index is 13.6. The molecule has 10 aliphatic carbocycles. The summed E-state index contributed by atoms with van der Waals surface area (Å²) in [4.78, 5) is 39.2. The van der Waals surface area contributed by atoms with Gasteiger partial charge >= 0.3 is 103 Å². The van der Waals surface area contributed by atoms with Gasteiger partial charge in [-0.05, 0) is 248 Å². The van der Waals surface area contributed by atoms with Crippen LogP contribution >= 0.6 is 15.9 Å². The third kappa shape index (κ3) is 10.9. The first-order chi connectivity index (χ1) is 30.0. The van der Waals surface area contributed by atoms with Crippen LogP contribution < -0.4 is 108 Å². The van der Waals surface area contributed by atoms with E-state index in [4.69, 9.17) is 10.1 Å². The average molecular weight is 1020 g/mol. The van der Waals surface area contributed by atoms with Crippen molar-refractivity contribution in [1.82, 2.24) is 20.2 Å². The second kappa shape index (κ2) is 21.5. The topological polar surface area (TPSA) is 168 Å². The molecule has 354 valence electrons. The van der Waals surface area contributed by atoms with Gasteiger partial charge in [-0.3, -0.25) is 14.4 Å². The summed E-state index contributed by atoms with van der Waals surface area (Å²) in [5, 5.41) is 42.6. The van der Waals surface area contributed by atoms with Crippen molar-refractivity contribution in [3.8, 4) is 0 Å². The first-order valence-electron chi connectivity index (χ1n) is 25.5. The largest absolute Gasteiger partial charge is 1.00 e. The van der Waals surface area contributed by atoms with Crippen LogP contribution in [0.1, 0.15) is 163 Å². The summed E-state index contributed by atoms with van der Waals surface area (Å²) < 4.78 is 0. The van der Waals surface area contributed by atoms with Gasteiger partial charge in [-0.25, -0.2) is 0 Å². The SMILES string of the molecule is C[C@@]1(O)CC[C@H]2[C@H](CC[C@@H]3[C@@H]2CC[C@@]2(C)[C@H]3[C@H](C3CC3)C[C@@H]2C(=O)CBr)C1.Cc1nnn(CC(=O)[C@H]2C[C@@H](C3CC3)[C@H]3[C@@H]4CC[C@@H]5C[C@](C)(O)CC[C@@H]5[C@H]4CC[C@@]32C)n1.O=CO[O-].[H-].[K+].[K+]. The zero-order valence-electron chi connectivity index (χ0n) is 42.0. The summed E-state index contributed by atoms with van der Waals surface area (Å²) >= 11 is 3.49. The minimum absolute atomic E-state index is 0. The Kier molecular flexibility index (Phi) is 18.0. The Hall–Kier alpha value is 1.51. The molecule has 2 N–H and O–H groups in total. The first kappa shape index (κ1) is 54.3. The van der Waals surface area contributed by atoms with Gasteiger partial charge in [0, 0.05) is 11.8 Å². The maximum Gasteiger partial charge on any atom is 1.00 e. The van der Waals surface area contributed by atoms with Crippen molar-refractivity contribution in [3.05, 3.63) is 5.82 Å². The summed E-state index contributed by atoms with van der Waals surface area (Å²) in [7, 11) is 0. The molecule has 0 aliphatic heterocycles. The molecule has 14 heteroatoms. The van der Waals surface area contributed by atoms with Crippen molar-refractivity contribution in [2.24, 2.45) is 106 Å². The van der Waals surface area contributed by atoms with Gasteiger partial charge in [0.1, 0.15) is 12.3 Å². The van der Waals surface area contributed by atoms with E-state index >= 15 is 0 Å². The van der Waals surface area contributed by atoms with Crippen LogP contribution in [0.4, 0.5) is 0 Å². The Labute approximate surface area is 484 Å². The number of aromatic nitrogens is 4. The number of hydrogen-bond donors (Lipinski definition) is 2. The number of rotatable bonds is 8. The number of hydrogen-bond acceptors (Lipinski definition) is 10. The molecule has 0 aromatic carbocycles. The fourth-order valence-electron chi connectivity index (χ4n) is 18.3. The molecule has 1 aromatic heterocycles. The molecule has 18 atom stereocenters. The molecular weight excluding hydrogens is 939 g/mol. The molecule has 0 radical (unpaired) electrons. The molecule has 10 saturated carbocycles. The molecule has 10 aliphatic rings. The van der Waals surface area contributed by atoms with Gasteiger partial charge in [0.25, 0.3) is 6.47 Å². The quantitative estimate of drug-likeness (QED) is 0.130. The number of aryl methyl sites for hydroxylation is 1. The molecule has 0 unspecified atom stereocenters. The van der Waals surface area contributed by atoms with Gasteiger partial charge in [0.2, 0.25) is 0 Å². The molecule has 11 rings (SSSR count). The van der Waals surface area contributed by atoms with E-state index in [1.165, 1.54) is 101 Å². The summed E-state index contributed by atoms with van der Waals surface area (Å²) in [5.41, 5.74) is -0.485. The summed E-state index contributed by atoms with van der Waals surface area (Å²) in [5.74, 6) is 13.2. The van der Waals surface area contributed by atoms with Gasteiger partial charge in [-0.2, -0.15) is 4.80 Å². The predicted octanol–water partition coefficient (Wildman–Crippen LogP) is 2.37. The normalized spacial score (nSPS) is 46.7. The Bertz CT molecular complexity index is 1850. The molecule has 1 heterocycles. The van der Waals surface area contributed by atoms with Crippen molar-refractivity contribution in [2.45, 2.75) is 181 Å². The number of tetrazole rings is 1. The number of carbonyl (C=O) groups excluding carboxylic acids is 3. The second-order valence-electron chi connectivity index (χ2n) is 24.5. The molecule has 0 bridgehead atoms. The number of aliphatic hydroxyl groups is 2. The van der Waals surface area contributed by atoms with Crippen molar-refractivity contribution in [2.75, 3.05) is 5.33 Å². The summed E-state index contributed by atoms with van der Waals surface area (Å²) in [6.07, 6.45) is 24.6. The summed E-state index contributed by atoms with van der Waals surface area (Å²) in [6.45, 7) is 11.0. The molecule has 10 fully saturated rings. The van der Waals surface area contributed by atoms with E-state index in [0.29, 0.717) is 40.5 Å². The molecule has 1 aromatic rings. The molecule has 0 amide bonds. The van der Waals surface area contributed by atoms with Gasteiger partial charge in [0.15, 0.2) is 11.6 Å². The number of carbonyl (C=O) groups is 3. The van der Waals surface area contributed by atoms with Crippen LogP contribution in [0, 0.1) is 112 Å². The van der Waals surface area contributed by atoms with E-state index in [1.54, 1.807) is 0 Å². The molecule has 0 spiro atoms. The zero-order chi connectivity index (χ0) is 44.6. The number of ketones is 2. The number of nitrogens with zero attached hydrogens (tertiary/aromatic N) is 4. The first-order valence-corrected chi connectivity index (χ1v) is 26.7. The monoisotopic (exact) mass is 1020 g/mol. The Morgan fingerprint density at radius 1 is 0.677 bits per heavy atom. The smallest absolute Gasteiger partial charge is 1.00 e. The van der Waals surface area contributed by atoms with E-state index in [9.17, 15) is 19.8 Å². The number of fused-ring (bicyclic) bond motifs is 10. The third-order valence-corrected chi connectivity index (χ3v) is 21.4. The minimum atomic E-state index is -0.452. The summed E-state index contributed by atoms with van der Waals surface area (Å²) in [6, 6.07) is 0. The van der Waals surface area contributed by atoms with Crippen molar-refractivity contribution in [3.63, 3.8) is 0 Å². The maximum absolute atomic E-state index is 13.6. The van der Waals surface area contributed by atoms with Gasteiger partial charge in [-0.15, -0.1) is 10.2 Å². The number of Topliss-reactive ketones (excluding diaryl/α,β-unsaturated/α-hetero) is 2. The Morgan fingerprint density at radius 2 is 1.09 bits per heavy atom. The van der Waals surface area contributed by atoms with E-state index in [-0.39, 0.29) is 134 Å². The molecular formula is C51H79BrK2N4O7. The Morgan fingerprint density at radius 3 is 1.48 bits per heavy atom. The fourth-order valence-corrected chi connectivity index (χ4v) is 18.7. The minimum Gasteiger partial charge on any atom is -1.00 e. The van der Waals surface area contributed by atoms with Crippen molar-refractivity contribution < 1.29 is 139 Å². The van der Waals surface area contributed by atoms with Crippen LogP contribution in [0.25, 0.3) is 0 Å². The van der Waals surface area contributed by atoms with Crippen LogP contribution in [0.2, 0.25) is 0 Å². The van der Waals surface area contributed by atoms with Crippen LogP contribution in [0.3, 0.4) is 0 Å². The van der Waals surface area contributed by atoms with Crippen LogP contribution in [-0.2, 0) is 25.8 Å². The zero-order valence-corrected chi connectivity index (χ0v) is 48.8. The van der Waals surface area contributed by atoms with E-state index in [1.807, 2.05) is 6.92 Å². The molecule has 0 saturated heterocycles. The van der Waals surface area contributed by atoms with E-state index < -0.39 is 11.2 Å². The molecule has 65 heavy (non-hydrogen) atoms. The van der Waals surface area contributed by atoms with Gasteiger partial charge < -0.3 is 21.8 Å². The van der Waals surface area contributed by atoms with Crippen molar-refractivity contribution in [1.29, 1.82) is 0 Å². The third-order valence-electron chi connectivity index (χ3n) is 20.9. The van der Waals surface area contributed by atoms with Crippen LogP contribution in [0.5, 0.6) is 0 Å². The Balaban J connectivity index is 0.000000196. The van der Waals surface area contributed by atoms with E-state index in [2.05, 4.69) is 63.9 Å². The van der Waals surface area contributed by atoms with Gasteiger partial charge in [-0.1, -0.05) is 29.8 Å². The van der Waals surface area contributed by atoms with Crippen LogP contribution in [-0.4, -0.2) is 65.0 Å².